The summed E-state index contributed by atoms with van der Waals surface area (Å²) in [5.74, 6) is -0.433. The minimum absolute atomic E-state index is 0.151. The van der Waals surface area contributed by atoms with Gasteiger partial charge in [0, 0.05) is 0 Å². The number of rotatable bonds is 2. The third kappa shape index (κ3) is 2.17. The van der Waals surface area contributed by atoms with Crippen molar-refractivity contribution in [2.75, 3.05) is 5.32 Å². The van der Waals surface area contributed by atoms with Crippen molar-refractivity contribution in [3.05, 3.63) is 71.4 Å². The summed E-state index contributed by atoms with van der Waals surface area (Å²) in [5.41, 5.74) is 4.16. The molecule has 2 heterocycles. The number of hydrogen-bond donors (Lipinski definition) is 2. The summed E-state index contributed by atoms with van der Waals surface area (Å²) in [6.45, 7) is 2.03. The van der Waals surface area contributed by atoms with Crippen LogP contribution in [0.3, 0.4) is 0 Å². The quantitative estimate of drug-likeness (QED) is 0.762. The van der Waals surface area contributed by atoms with E-state index in [1.54, 1.807) is 6.08 Å². The highest BCUT2D eigenvalue weighted by atomic mass is 16.4. The highest BCUT2D eigenvalue weighted by Gasteiger charge is 2.26. The summed E-state index contributed by atoms with van der Waals surface area (Å²) in [7, 11) is 0. The van der Waals surface area contributed by atoms with E-state index in [2.05, 4.69) is 10.3 Å². The molecule has 0 amide bonds. The molecule has 114 valence electrons. The third-order valence-corrected chi connectivity index (χ3v) is 4.09. The van der Waals surface area contributed by atoms with Crippen LogP contribution in [0.5, 0.6) is 0 Å². The van der Waals surface area contributed by atoms with Gasteiger partial charge in [-0.25, -0.2) is 9.78 Å². The van der Waals surface area contributed by atoms with Crippen LogP contribution >= 0.6 is 0 Å². The fourth-order valence-corrected chi connectivity index (χ4v) is 2.94. The zero-order valence-corrected chi connectivity index (χ0v) is 12.5. The van der Waals surface area contributed by atoms with Crippen molar-refractivity contribution in [1.29, 1.82) is 0 Å². The number of para-hydroxylation sites is 2. The largest absolute Gasteiger partial charge is 0.477 e. The van der Waals surface area contributed by atoms with Crippen molar-refractivity contribution >= 4 is 23.0 Å². The number of carbonyl (C=O) groups is 1. The van der Waals surface area contributed by atoms with Gasteiger partial charge < -0.3 is 10.4 Å². The second-order valence-corrected chi connectivity index (χ2v) is 5.66. The number of fused-ring (bicyclic) bond motifs is 3. The zero-order chi connectivity index (χ0) is 16.0. The highest BCUT2D eigenvalue weighted by molar-refractivity contribution is 5.92. The lowest BCUT2D eigenvalue weighted by molar-refractivity contribution is -0.132. The lowest BCUT2D eigenvalue weighted by Gasteiger charge is -2.25. The smallest absolute Gasteiger partial charge is 0.352 e. The molecule has 2 N–H and O–H groups in total. The van der Waals surface area contributed by atoms with Gasteiger partial charge >= 0.3 is 5.97 Å². The van der Waals surface area contributed by atoms with Gasteiger partial charge in [-0.05, 0) is 30.7 Å². The lowest BCUT2D eigenvalue weighted by atomic mass is 10.0. The van der Waals surface area contributed by atoms with Gasteiger partial charge in [-0.3, -0.25) is 4.57 Å². The Bertz CT molecular complexity index is 939. The van der Waals surface area contributed by atoms with Crippen molar-refractivity contribution in [3.8, 4) is 0 Å². The first-order valence-electron chi connectivity index (χ1n) is 7.39. The minimum Gasteiger partial charge on any atom is -0.477 e. The van der Waals surface area contributed by atoms with Gasteiger partial charge in [0.15, 0.2) is 0 Å². The van der Waals surface area contributed by atoms with E-state index in [0.29, 0.717) is 5.95 Å². The van der Waals surface area contributed by atoms with E-state index >= 15 is 0 Å². The molecule has 5 heteroatoms. The number of anilines is 1. The van der Waals surface area contributed by atoms with Crippen molar-refractivity contribution < 1.29 is 9.90 Å². The molecular formula is C18H15N3O2. The molecule has 0 fully saturated rings. The summed E-state index contributed by atoms with van der Waals surface area (Å²) in [6.07, 6.45) is 1.73. The van der Waals surface area contributed by atoms with Crippen LogP contribution in [0.1, 0.15) is 17.2 Å². The van der Waals surface area contributed by atoms with Crippen LogP contribution in [-0.2, 0) is 4.79 Å². The Morgan fingerprint density at radius 1 is 1.17 bits per heavy atom. The van der Waals surface area contributed by atoms with E-state index < -0.39 is 5.97 Å². The van der Waals surface area contributed by atoms with Crippen LogP contribution < -0.4 is 5.32 Å². The van der Waals surface area contributed by atoms with Crippen LogP contribution in [0, 0.1) is 6.92 Å². The Morgan fingerprint density at radius 2 is 1.91 bits per heavy atom. The van der Waals surface area contributed by atoms with Gasteiger partial charge in [0.05, 0.1) is 17.1 Å². The molecule has 0 saturated carbocycles. The standard InChI is InChI=1S/C18H15N3O2/c1-11-6-8-12(9-7-11)16-10-14(17(22)23)20-18-19-13-4-2-3-5-15(13)21(16)18/h2-10,16H,1H3,(H,19,20)(H,22,23). The number of aliphatic carboxylic acids is 1. The molecule has 1 aromatic heterocycles. The number of aryl methyl sites for hydroxylation is 1. The fraction of sp³-hybridized carbons (Fsp3) is 0.111. The SMILES string of the molecule is Cc1ccc(C2C=C(C(=O)O)Nc3nc4ccccc4n32)cc1. The van der Waals surface area contributed by atoms with E-state index in [-0.39, 0.29) is 11.7 Å². The molecule has 1 aliphatic heterocycles. The van der Waals surface area contributed by atoms with Crippen molar-refractivity contribution in [2.24, 2.45) is 0 Å². The summed E-state index contributed by atoms with van der Waals surface area (Å²) >= 11 is 0. The number of nitrogens with zero attached hydrogens (tertiary/aromatic N) is 2. The maximum atomic E-state index is 11.4. The molecule has 1 unspecified atom stereocenters. The third-order valence-electron chi connectivity index (χ3n) is 4.09. The van der Waals surface area contributed by atoms with Crippen LogP contribution in [0.15, 0.2) is 60.3 Å². The van der Waals surface area contributed by atoms with E-state index in [1.165, 1.54) is 5.56 Å². The topological polar surface area (TPSA) is 67.2 Å². The van der Waals surface area contributed by atoms with Crippen molar-refractivity contribution in [1.82, 2.24) is 9.55 Å². The number of carboxylic acids is 1. The van der Waals surface area contributed by atoms with Crippen LogP contribution in [0.4, 0.5) is 5.95 Å². The van der Waals surface area contributed by atoms with Gasteiger partial charge in [0.2, 0.25) is 5.95 Å². The fourth-order valence-electron chi connectivity index (χ4n) is 2.94. The second kappa shape index (κ2) is 4.98. The molecule has 4 rings (SSSR count). The van der Waals surface area contributed by atoms with Gasteiger partial charge in [-0.15, -0.1) is 0 Å². The van der Waals surface area contributed by atoms with E-state index in [4.69, 9.17) is 0 Å². The number of hydrogen-bond acceptors (Lipinski definition) is 3. The second-order valence-electron chi connectivity index (χ2n) is 5.66. The first kappa shape index (κ1) is 13.6. The lowest BCUT2D eigenvalue weighted by Crippen LogP contribution is -2.23. The van der Waals surface area contributed by atoms with Crippen molar-refractivity contribution in [2.45, 2.75) is 13.0 Å². The molecule has 0 saturated heterocycles. The first-order valence-corrected chi connectivity index (χ1v) is 7.39. The van der Waals surface area contributed by atoms with E-state index in [1.807, 2.05) is 60.0 Å². The normalized spacial score (nSPS) is 16.6. The molecule has 2 aromatic carbocycles. The molecule has 0 spiro atoms. The average molecular weight is 305 g/mol. The molecule has 3 aromatic rings. The Morgan fingerprint density at radius 3 is 2.65 bits per heavy atom. The summed E-state index contributed by atoms with van der Waals surface area (Å²) in [6, 6.07) is 15.7. The summed E-state index contributed by atoms with van der Waals surface area (Å²) in [4.78, 5) is 16.0. The number of nitrogens with one attached hydrogen (secondary N) is 1. The molecule has 5 nitrogen and oxygen atoms in total. The van der Waals surface area contributed by atoms with Crippen molar-refractivity contribution in [3.63, 3.8) is 0 Å². The predicted octanol–water partition coefficient (Wildman–Crippen LogP) is 3.33. The molecular weight excluding hydrogens is 290 g/mol. The molecule has 0 bridgehead atoms. The van der Waals surface area contributed by atoms with Gasteiger partial charge in [-0.1, -0.05) is 42.0 Å². The molecule has 23 heavy (non-hydrogen) atoms. The predicted molar refractivity (Wildman–Crippen MR) is 88.4 cm³/mol. The Balaban J connectivity index is 1.95. The van der Waals surface area contributed by atoms with Crippen LogP contribution in [0.25, 0.3) is 11.0 Å². The average Bonchev–Trinajstić information content (AvgIpc) is 2.93. The Hall–Kier alpha value is -3.08. The van der Waals surface area contributed by atoms with Gasteiger partial charge in [0.1, 0.15) is 5.70 Å². The van der Waals surface area contributed by atoms with Gasteiger partial charge in [0.25, 0.3) is 0 Å². The highest BCUT2D eigenvalue weighted by Crippen LogP contribution is 2.34. The Kier molecular flexibility index (Phi) is 2.94. The summed E-state index contributed by atoms with van der Waals surface area (Å²) < 4.78 is 2.03. The van der Waals surface area contributed by atoms with E-state index in [9.17, 15) is 9.90 Å². The van der Waals surface area contributed by atoms with E-state index in [0.717, 1.165) is 16.6 Å². The zero-order valence-electron chi connectivity index (χ0n) is 12.5. The number of allylic oxidation sites excluding steroid dienone is 1. The van der Waals surface area contributed by atoms with Gasteiger partial charge in [-0.2, -0.15) is 0 Å². The Labute approximate surface area is 132 Å². The first-order chi connectivity index (χ1) is 11.1. The molecule has 0 aliphatic carbocycles. The number of carboxylic acid groups (broad SMARTS) is 1. The van der Waals surface area contributed by atoms with Crippen LogP contribution in [0.2, 0.25) is 0 Å². The summed E-state index contributed by atoms with van der Waals surface area (Å²) in [5, 5.41) is 12.3. The maximum absolute atomic E-state index is 11.4. The number of imidazole rings is 1. The molecule has 0 radical (unpaired) electrons. The number of benzene rings is 2. The van der Waals surface area contributed by atoms with Crippen LogP contribution in [-0.4, -0.2) is 20.6 Å². The minimum atomic E-state index is -0.986. The molecule has 1 atom stereocenters. The maximum Gasteiger partial charge on any atom is 0.352 e. The number of aromatic nitrogens is 2. The monoisotopic (exact) mass is 305 g/mol. The molecule has 1 aliphatic rings.